The number of fused-ring (bicyclic) bond motifs is 1. The van der Waals surface area contributed by atoms with E-state index in [1.807, 2.05) is 31.1 Å². The molecule has 3 heteroatoms. The van der Waals surface area contributed by atoms with Gasteiger partial charge in [-0.05, 0) is 18.1 Å². The molecule has 102 valence electrons. The van der Waals surface area contributed by atoms with Gasteiger partial charge in [0.2, 0.25) is 5.91 Å². The van der Waals surface area contributed by atoms with Crippen molar-refractivity contribution in [1.82, 2.24) is 9.47 Å². The van der Waals surface area contributed by atoms with E-state index >= 15 is 0 Å². The number of aromatic nitrogens is 1. The minimum Gasteiger partial charge on any atom is -0.350 e. The SMILES string of the molecule is CCCCN(C)C(=O)Cc1cn(C)c2ccccc12. The van der Waals surface area contributed by atoms with E-state index in [1.54, 1.807) is 0 Å². The zero-order chi connectivity index (χ0) is 13.8. The summed E-state index contributed by atoms with van der Waals surface area (Å²) in [4.78, 5) is 14.0. The van der Waals surface area contributed by atoms with E-state index in [4.69, 9.17) is 0 Å². The van der Waals surface area contributed by atoms with Gasteiger partial charge in [0, 0.05) is 37.7 Å². The monoisotopic (exact) mass is 258 g/mol. The maximum absolute atomic E-state index is 12.2. The topological polar surface area (TPSA) is 25.2 Å². The highest BCUT2D eigenvalue weighted by atomic mass is 16.2. The lowest BCUT2D eigenvalue weighted by atomic mass is 10.1. The molecule has 0 bridgehead atoms. The van der Waals surface area contributed by atoms with E-state index in [0.717, 1.165) is 24.9 Å². The second-order valence-corrected chi connectivity index (χ2v) is 5.13. The number of nitrogens with zero attached hydrogens (tertiary/aromatic N) is 2. The van der Waals surface area contributed by atoms with Gasteiger partial charge in [0.15, 0.2) is 0 Å². The van der Waals surface area contributed by atoms with Crippen molar-refractivity contribution in [3.63, 3.8) is 0 Å². The molecule has 3 nitrogen and oxygen atoms in total. The molecule has 19 heavy (non-hydrogen) atoms. The fraction of sp³-hybridized carbons (Fsp3) is 0.438. The van der Waals surface area contributed by atoms with Crippen molar-refractivity contribution in [2.45, 2.75) is 26.2 Å². The van der Waals surface area contributed by atoms with Crippen LogP contribution >= 0.6 is 0 Å². The number of carbonyl (C=O) groups excluding carboxylic acids is 1. The molecule has 0 N–H and O–H groups in total. The molecule has 1 heterocycles. The highest BCUT2D eigenvalue weighted by molar-refractivity contribution is 5.89. The molecule has 0 unspecified atom stereocenters. The molecule has 0 saturated heterocycles. The molecule has 0 aliphatic carbocycles. The van der Waals surface area contributed by atoms with Gasteiger partial charge >= 0.3 is 0 Å². The van der Waals surface area contributed by atoms with Gasteiger partial charge in [-0.1, -0.05) is 31.5 Å². The fourth-order valence-electron chi connectivity index (χ4n) is 2.38. The van der Waals surface area contributed by atoms with Crippen LogP contribution in [0.4, 0.5) is 0 Å². The van der Waals surface area contributed by atoms with Gasteiger partial charge in [0.1, 0.15) is 0 Å². The van der Waals surface area contributed by atoms with Crippen molar-refractivity contribution in [3.05, 3.63) is 36.0 Å². The van der Waals surface area contributed by atoms with E-state index in [0.29, 0.717) is 6.42 Å². The third-order valence-electron chi connectivity index (χ3n) is 3.59. The summed E-state index contributed by atoms with van der Waals surface area (Å²) < 4.78 is 2.09. The minimum atomic E-state index is 0.199. The number of aryl methyl sites for hydroxylation is 1. The number of carbonyl (C=O) groups is 1. The first kappa shape index (κ1) is 13.7. The number of hydrogen-bond acceptors (Lipinski definition) is 1. The Hall–Kier alpha value is -1.77. The predicted octanol–water partition coefficient (Wildman–Crippen LogP) is 2.98. The lowest BCUT2D eigenvalue weighted by Gasteiger charge is -2.16. The first-order valence-corrected chi connectivity index (χ1v) is 6.90. The molecule has 0 atom stereocenters. The molecule has 1 aromatic heterocycles. The molecular weight excluding hydrogens is 236 g/mol. The summed E-state index contributed by atoms with van der Waals surface area (Å²) >= 11 is 0. The van der Waals surface area contributed by atoms with Crippen LogP contribution in [0, 0.1) is 0 Å². The van der Waals surface area contributed by atoms with Crippen LogP contribution in [0.5, 0.6) is 0 Å². The Bertz CT molecular complexity index is 571. The number of para-hydroxylation sites is 1. The number of amides is 1. The number of hydrogen-bond donors (Lipinski definition) is 0. The van der Waals surface area contributed by atoms with Gasteiger partial charge in [0.05, 0.1) is 6.42 Å². The Morgan fingerprint density at radius 2 is 2.05 bits per heavy atom. The Morgan fingerprint density at radius 3 is 2.79 bits per heavy atom. The van der Waals surface area contributed by atoms with Gasteiger partial charge in [-0.25, -0.2) is 0 Å². The van der Waals surface area contributed by atoms with E-state index < -0.39 is 0 Å². The van der Waals surface area contributed by atoms with Crippen LogP contribution in [0.2, 0.25) is 0 Å². The third kappa shape index (κ3) is 2.98. The Morgan fingerprint density at radius 1 is 1.32 bits per heavy atom. The molecule has 0 aliphatic heterocycles. The van der Waals surface area contributed by atoms with Crippen molar-refractivity contribution < 1.29 is 4.79 Å². The Balaban J connectivity index is 2.15. The molecule has 0 aliphatic rings. The maximum atomic E-state index is 12.2. The van der Waals surface area contributed by atoms with Crippen molar-refractivity contribution in [3.8, 4) is 0 Å². The zero-order valence-corrected chi connectivity index (χ0v) is 12.0. The molecule has 2 rings (SSSR count). The van der Waals surface area contributed by atoms with Crippen molar-refractivity contribution in [2.24, 2.45) is 7.05 Å². The number of benzene rings is 1. The summed E-state index contributed by atoms with van der Waals surface area (Å²) in [6.07, 6.45) is 4.74. The van der Waals surface area contributed by atoms with Gasteiger partial charge < -0.3 is 9.47 Å². The number of rotatable bonds is 5. The molecule has 2 aromatic rings. The van der Waals surface area contributed by atoms with Crippen molar-refractivity contribution >= 4 is 16.8 Å². The van der Waals surface area contributed by atoms with E-state index in [1.165, 1.54) is 10.9 Å². The van der Waals surface area contributed by atoms with E-state index in [-0.39, 0.29) is 5.91 Å². The minimum absolute atomic E-state index is 0.199. The van der Waals surface area contributed by atoms with Crippen LogP contribution in [-0.4, -0.2) is 29.0 Å². The quantitative estimate of drug-likeness (QED) is 0.809. The first-order valence-electron chi connectivity index (χ1n) is 6.90. The second-order valence-electron chi connectivity index (χ2n) is 5.13. The largest absolute Gasteiger partial charge is 0.350 e. The van der Waals surface area contributed by atoms with Gasteiger partial charge in [-0.15, -0.1) is 0 Å². The molecule has 1 aromatic carbocycles. The fourth-order valence-corrected chi connectivity index (χ4v) is 2.38. The molecule has 0 spiro atoms. The number of unbranched alkanes of at least 4 members (excludes halogenated alkanes) is 1. The van der Waals surface area contributed by atoms with Crippen LogP contribution in [0.15, 0.2) is 30.5 Å². The van der Waals surface area contributed by atoms with Crippen LogP contribution in [0.3, 0.4) is 0 Å². The van der Waals surface area contributed by atoms with Crippen LogP contribution < -0.4 is 0 Å². The average molecular weight is 258 g/mol. The summed E-state index contributed by atoms with van der Waals surface area (Å²) in [5, 5.41) is 1.18. The standard InChI is InChI=1S/C16H22N2O/c1-4-5-10-17(2)16(19)11-13-12-18(3)15-9-7-6-8-14(13)15/h6-9,12H,4-5,10-11H2,1-3H3. The van der Waals surface area contributed by atoms with Crippen molar-refractivity contribution in [1.29, 1.82) is 0 Å². The average Bonchev–Trinajstić information content (AvgIpc) is 2.73. The van der Waals surface area contributed by atoms with Gasteiger partial charge in [-0.3, -0.25) is 4.79 Å². The Labute approximate surface area is 114 Å². The lowest BCUT2D eigenvalue weighted by Crippen LogP contribution is -2.29. The molecule has 0 saturated carbocycles. The predicted molar refractivity (Wildman–Crippen MR) is 79.2 cm³/mol. The van der Waals surface area contributed by atoms with Crippen LogP contribution in [0.25, 0.3) is 10.9 Å². The molecule has 1 amide bonds. The molecule has 0 fully saturated rings. The van der Waals surface area contributed by atoms with Crippen LogP contribution in [0.1, 0.15) is 25.3 Å². The lowest BCUT2D eigenvalue weighted by molar-refractivity contribution is -0.129. The third-order valence-corrected chi connectivity index (χ3v) is 3.59. The van der Waals surface area contributed by atoms with Crippen LogP contribution in [-0.2, 0) is 18.3 Å². The normalized spacial score (nSPS) is 10.9. The molecule has 0 radical (unpaired) electrons. The summed E-state index contributed by atoms with van der Waals surface area (Å²) in [6.45, 7) is 2.99. The van der Waals surface area contributed by atoms with E-state index in [9.17, 15) is 4.79 Å². The summed E-state index contributed by atoms with van der Waals surface area (Å²) in [5.74, 6) is 0.199. The summed E-state index contributed by atoms with van der Waals surface area (Å²) in [5.41, 5.74) is 2.30. The summed E-state index contributed by atoms with van der Waals surface area (Å²) in [6, 6.07) is 8.23. The first-order chi connectivity index (χ1) is 9.13. The highest BCUT2D eigenvalue weighted by Gasteiger charge is 2.13. The van der Waals surface area contributed by atoms with E-state index in [2.05, 4.69) is 29.8 Å². The smallest absolute Gasteiger partial charge is 0.226 e. The Kier molecular flexibility index (Phi) is 4.25. The molecular formula is C16H22N2O. The van der Waals surface area contributed by atoms with Gasteiger partial charge in [-0.2, -0.15) is 0 Å². The van der Waals surface area contributed by atoms with Gasteiger partial charge in [0.25, 0.3) is 0 Å². The highest BCUT2D eigenvalue weighted by Crippen LogP contribution is 2.21. The van der Waals surface area contributed by atoms with Crippen molar-refractivity contribution in [2.75, 3.05) is 13.6 Å². The summed E-state index contributed by atoms with van der Waals surface area (Å²) in [7, 11) is 3.92. The zero-order valence-electron chi connectivity index (χ0n) is 12.0. The maximum Gasteiger partial charge on any atom is 0.226 e. The number of likely N-dealkylation sites (N-methyl/N-ethyl adjacent to an activating group) is 1. The second kappa shape index (κ2) is 5.91.